The fourth-order valence-electron chi connectivity index (χ4n) is 4.84. The molecule has 1 aliphatic heterocycles. The summed E-state index contributed by atoms with van der Waals surface area (Å²) in [6.45, 7) is 1.11. The number of carbonyl (C=O) groups is 1. The summed E-state index contributed by atoms with van der Waals surface area (Å²) < 4.78 is 20.9. The highest BCUT2D eigenvalue weighted by Crippen LogP contribution is 2.40. The molecule has 0 spiro atoms. The highest BCUT2D eigenvalue weighted by atomic mass is 32.1. The molecule has 204 valence electrons. The minimum absolute atomic E-state index is 0.0342. The molecule has 2 atom stereocenters. The van der Waals surface area contributed by atoms with Crippen molar-refractivity contribution < 1.29 is 19.0 Å². The maximum Gasteiger partial charge on any atom is 0.274 e. The van der Waals surface area contributed by atoms with Crippen molar-refractivity contribution in [2.45, 2.75) is 25.0 Å². The molecule has 1 amide bonds. The minimum Gasteiger partial charge on any atom is -0.496 e. The number of nitrogens with zero attached hydrogens (tertiary/aromatic N) is 5. The van der Waals surface area contributed by atoms with E-state index in [0.717, 1.165) is 15.2 Å². The summed E-state index contributed by atoms with van der Waals surface area (Å²) in [6, 6.07) is 9.29. The maximum absolute atomic E-state index is 14.7. The molecule has 2 aromatic carbocycles. The number of carbonyl (C=O) groups excluding carboxylic acids is 1. The molecular weight excluding hydrogens is 521 g/mol. The molecule has 1 aliphatic rings. The van der Waals surface area contributed by atoms with Crippen LogP contribution < -0.4 is 20.7 Å². The third kappa shape index (κ3) is 5.41. The van der Waals surface area contributed by atoms with Crippen molar-refractivity contribution in [1.29, 1.82) is 0 Å². The molecule has 0 bridgehead atoms. The van der Waals surface area contributed by atoms with Gasteiger partial charge in [-0.1, -0.05) is 6.07 Å². The van der Waals surface area contributed by atoms with Gasteiger partial charge in [0, 0.05) is 25.3 Å². The Hall–Kier alpha value is -3.71. The zero-order valence-electron chi connectivity index (χ0n) is 21.9. The third-order valence-corrected chi connectivity index (χ3v) is 7.54. The van der Waals surface area contributed by atoms with Gasteiger partial charge >= 0.3 is 0 Å². The predicted octanol–water partition coefficient (Wildman–Crippen LogP) is 3.11. The first-order chi connectivity index (χ1) is 18.8. The first-order valence-electron chi connectivity index (χ1n) is 12.5. The van der Waals surface area contributed by atoms with E-state index in [9.17, 15) is 14.3 Å². The maximum atomic E-state index is 14.7. The number of methoxy groups -OCH3 is 1. The fraction of sp³-hybridized carbons (Fsp3) is 0.333. The zero-order chi connectivity index (χ0) is 27.7. The first-order valence-corrected chi connectivity index (χ1v) is 13.3. The van der Waals surface area contributed by atoms with Crippen molar-refractivity contribution in [2.75, 3.05) is 44.6 Å². The number of rotatable bonds is 8. The second-order valence-corrected chi connectivity index (χ2v) is 10.8. The van der Waals surface area contributed by atoms with Crippen LogP contribution in [0.5, 0.6) is 5.75 Å². The Morgan fingerprint density at radius 2 is 2.10 bits per heavy atom. The van der Waals surface area contributed by atoms with Crippen LogP contribution in [-0.2, 0) is 6.54 Å². The number of aliphatic hydroxyl groups excluding tert-OH is 1. The van der Waals surface area contributed by atoms with Crippen molar-refractivity contribution in [1.82, 2.24) is 19.9 Å². The van der Waals surface area contributed by atoms with Crippen molar-refractivity contribution >= 4 is 38.8 Å². The molecule has 5 rings (SSSR count). The van der Waals surface area contributed by atoms with Gasteiger partial charge in [-0.05, 0) is 50.8 Å². The molecule has 0 saturated carbocycles. The smallest absolute Gasteiger partial charge is 0.274 e. The van der Waals surface area contributed by atoms with Gasteiger partial charge in [-0.25, -0.2) is 19.3 Å². The molecule has 1 saturated heterocycles. The van der Waals surface area contributed by atoms with E-state index in [2.05, 4.69) is 15.3 Å². The summed E-state index contributed by atoms with van der Waals surface area (Å²) in [5.74, 6) is -0.760. The average Bonchev–Trinajstić information content (AvgIpc) is 3.50. The van der Waals surface area contributed by atoms with E-state index in [1.54, 1.807) is 17.4 Å². The number of aromatic nitrogens is 3. The van der Waals surface area contributed by atoms with Gasteiger partial charge in [-0.15, -0.1) is 11.3 Å². The molecule has 4 N–H and O–H groups in total. The van der Waals surface area contributed by atoms with E-state index in [1.807, 2.05) is 36.0 Å². The number of benzene rings is 2. The monoisotopic (exact) mass is 551 g/mol. The molecule has 1 fully saturated rings. The zero-order valence-corrected chi connectivity index (χ0v) is 22.7. The first kappa shape index (κ1) is 26.9. The second kappa shape index (κ2) is 11.2. The number of aliphatic hydroxyl groups is 1. The molecule has 4 aromatic rings. The Balaban J connectivity index is 1.54. The van der Waals surface area contributed by atoms with Gasteiger partial charge in [0.25, 0.3) is 5.91 Å². The van der Waals surface area contributed by atoms with E-state index in [-0.39, 0.29) is 41.5 Å². The number of ether oxygens (including phenoxy) is 1. The van der Waals surface area contributed by atoms with Crippen LogP contribution in [0, 0.1) is 5.82 Å². The Morgan fingerprint density at radius 3 is 2.85 bits per heavy atom. The number of amides is 1. The largest absolute Gasteiger partial charge is 0.496 e. The van der Waals surface area contributed by atoms with E-state index < -0.39 is 11.7 Å². The summed E-state index contributed by atoms with van der Waals surface area (Å²) >= 11 is 1.58. The molecule has 2 aromatic heterocycles. The van der Waals surface area contributed by atoms with Gasteiger partial charge in [-0.3, -0.25) is 4.79 Å². The summed E-state index contributed by atoms with van der Waals surface area (Å²) in [4.78, 5) is 30.9. The van der Waals surface area contributed by atoms with E-state index in [4.69, 9.17) is 15.5 Å². The van der Waals surface area contributed by atoms with Gasteiger partial charge in [0.2, 0.25) is 0 Å². The van der Waals surface area contributed by atoms with Crippen LogP contribution >= 0.6 is 11.3 Å². The molecule has 0 unspecified atom stereocenters. The lowest BCUT2D eigenvalue weighted by Crippen LogP contribution is -2.34. The summed E-state index contributed by atoms with van der Waals surface area (Å²) in [6.07, 6.45) is 2.02. The molecule has 0 radical (unpaired) electrons. The number of hydrogen-bond acceptors (Lipinski definition) is 10. The van der Waals surface area contributed by atoms with Crippen LogP contribution in [0.4, 0.5) is 15.8 Å². The van der Waals surface area contributed by atoms with Gasteiger partial charge in [0.15, 0.2) is 5.82 Å². The molecular formula is C27H30FN7O3S. The lowest BCUT2D eigenvalue weighted by atomic mass is 10.1. The van der Waals surface area contributed by atoms with Crippen LogP contribution in [-0.4, -0.2) is 77.3 Å². The van der Waals surface area contributed by atoms with Gasteiger partial charge in [0.1, 0.15) is 27.8 Å². The normalized spacial score (nSPS) is 17.3. The molecule has 0 aliphatic carbocycles. The highest BCUT2D eigenvalue weighted by molar-refractivity contribution is 7.18. The molecule has 12 heteroatoms. The number of halogens is 1. The molecule has 10 nitrogen and oxygen atoms in total. The van der Waals surface area contributed by atoms with Crippen LogP contribution in [0.15, 0.2) is 42.6 Å². The van der Waals surface area contributed by atoms with Crippen molar-refractivity contribution in [3.8, 4) is 17.1 Å². The number of nitrogens with two attached hydrogens (primary N) is 1. The van der Waals surface area contributed by atoms with Gasteiger partial charge < -0.3 is 30.7 Å². The van der Waals surface area contributed by atoms with Crippen LogP contribution in [0.2, 0.25) is 0 Å². The van der Waals surface area contributed by atoms with Crippen LogP contribution in [0.25, 0.3) is 21.6 Å². The Bertz CT molecular complexity index is 1510. The molecule has 39 heavy (non-hydrogen) atoms. The number of anilines is 2. The number of fused-ring (bicyclic) bond motifs is 1. The standard InChI is InChI=1S/C27H30FN7O3S/c1-34(2)13-22-33-24-21(39-22)8-7-18(25(24)35-12-15(29)11-16(35)14-36)32-27(37)19-9-10-30-26(31-19)23-17(28)5-4-6-20(23)38-3/h4-10,15-16,36H,11-14,29H2,1-3H3,(H,32,37)/t15-,16+/m1/s1. The Kier molecular flexibility index (Phi) is 7.71. The van der Waals surface area contributed by atoms with Crippen molar-refractivity contribution in [3.05, 3.63) is 59.1 Å². The second-order valence-electron chi connectivity index (χ2n) is 9.68. The number of hydrogen-bond donors (Lipinski definition) is 3. The Labute approximate surface area is 229 Å². The lowest BCUT2D eigenvalue weighted by Gasteiger charge is -2.28. The highest BCUT2D eigenvalue weighted by Gasteiger charge is 2.33. The SMILES string of the molecule is COc1cccc(F)c1-c1nccc(C(=O)Nc2ccc3sc(CN(C)C)nc3c2N2C[C@H](N)C[C@H]2CO)n1. The average molecular weight is 552 g/mol. The summed E-state index contributed by atoms with van der Waals surface area (Å²) in [5.41, 5.74) is 8.36. The van der Waals surface area contributed by atoms with Crippen molar-refractivity contribution in [3.63, 3.8) is 0 Å². The minimum atomic E-state index is -0.558. The van der Waals surface area contributed by atoms with E-state index in [1.165, 1.54) is 31.5 Å². The fourth-order valence-corrected chi connectivity index (χ4v) is 5.93. The number of thiazole rings is 1. The van der Waals surface area contributed by atoms with Gasteiger partial charge in [0.05, 0.1) is 41.4 Å². The summed E-state index contributed by atoms with van der Waals surface area (Å²) in [7, 11) is 5.39. The lowest BCUT2D eigenvalue weighted by molar-refractivity contribution is 0.102. The van der Waals surface area contributed by atoms with Gasteiger partial charge in [-0.2, -0.15) is 0 Å². The predicted molar refractivity (Wildman–Crippen MR) is 150 cm³/mol. The molecule has 3 heterocycles. The Morgan fingerprint density at radius 1 is 1.28 bits per heavy atom. The van der Waals surface area contributed by atoms with Crippen molar-refractivity contribution in [2.24, 2.45) is 5.73 Å². The van der Waals surface area contributed by atoms with Crippen LogP contribution in [0.1, 0.15) is 21.9 Å². The van der Waals surface area contributed by atoms with E-state index in [0.29, 0.717) is 30.9 Å². The van der Waals surface area contributed by atoms with Crippen LogP contribution in [0.3, 0.4) is 0 Å². The third-order valence-electron chi connectivity index (χ3n) is 6.53. The summed E-state index contributed by atoms with van der Waals surface area (Å²) in [5, 5.41) is 14.0. The van der Waals surface area contributed by atoms with E-state index >= 15 is 0 Å². The number of nitrogens with one attached hydrogen (secondary N) is 1. The topological polar surface area (TPSA) is 130 Å². The quantitative estimate of drug-likeness (QED) is 0.302.